The number of aromatic nitrogens is 3. The van der Waals surface area contributed by atoms with Gasteiger partial charge in [-0.2, -0.15) is 0 Å². The first-order valence-corrected chi connectivity index (χ1v) is 10.4. The number of rotatable bonds is 5. The molecule has 2 aromatic heterocycles. The Balaban J connectivity index is 1.46. The number of pyridine rings is 1. The summed E-state index contributed by atoms with van der Waals surface area (Å²) in [6, 6.07) is 10.4. The lowest BCUT2D eigenvalue weighted by Crippen LogP contribution is -2.34. The highest BCUT2D eigenvalue weighted by Gasteiger charge is 2.28. The molecule has 0 radical (unpaired) electrons. The molecule has 2 fully saturated rings. The number of benzene rings is 1. The molecule has 0 N–H and O–H groups in total. The molecule has 0 amide bonds. The Kier molecular flexibility index (Phi) is 4.55. The van der Waals surface area contributed by atoms with Crippen molar-refractivity contribution in [3.05, 3.63) is 42.4 Å². The van der Waals surface area contributed by atoms with Crippen LogP contribution in [0.2, 0.25) is 0 Å². The van der Waals surface area contributed by atoms with Crippen molar-refractivity contribution in [2.45, 2.75) is 31.6 Å². The molecule has 1 aromatic carbocycles. The van der Waals surface area contributed by atoms with Gasteiger partial charge >= 0.3 is 0 Å². The zero-order chi connectivity index (χ0) is 19.1. The summed E-state index contributed by atoms with van der Waals surface area (Å²) in [4.78, 5) is 12.4. The van der Waals surface area contributed by atoms with E-state index in [9.17, 15) is 0 Å². The fraction of sp³-hybridized carbons (Fsp3) is 0.478. The highest BCUT2D eigenvalue weighted by atomic mass is 16.5. The molecule has 0 unspecified atom stereocenters. The number of hydrogen-bond donors (Lipinski definition) is 0. The molecule has 3 aromatic rings. The van der Waals surface area contributed by atoms with Crippen LogP contribution in [0.4, 0.5) is 0 Å². The van der Waals surface area contributed by atoms with Gasteiger partial charge in [0.15, 0.2) is 0 Å². The number of hydrogen-bond acceptors (Lipinski definition) is 4. The van der Waals surface area contributed by atoms with Crippen LogP contribution in [-0.4, -0.2) is 46.2 Å². The van der Waals surface area contributed by atoms with Crippen LogP contribution in [0.1, 0.15) is 37.3 Å². The molecule has 146 valence electrons. The van der Waals surface area contributed by atoms with Crippen LogP contribution in [0.25, 0.3) is 22.3 Å². The van der Waals surface area contributed by atoms with Gasteiger partial charge < -0.3 is 14.2 Å². The second-order valence-electron chi connectivity index (χ2n) is 8.37. The lowest BCUT2D eigenvalue weighted by atomic mass is 9.92. The Hall–Kier alpha value is -2.40. The molecular formula is C23H28N4O. The quantitative estimate of drug-likeness (QED) is 0.668. The monoisotopic (exact) mass is 376 g/mol. The summed E-state index contributed by atoms with van der Waals surface area (Å²) < 4.78 is 7.42. The average Bonchev–Trinajstić information content (AvgIpc) is 3.48. The predicted molar refractivity (Wildman–Crippen MR) is 112 cm³/mol. The first kappa shape index (κ1) is 17.7. The van der Waals surface area contributed by atoms with Gasteiger partial charge in [0, 0.05) is 30.8 Å². The number of aryl methyl sites for hydroxylation is 1. The number of imidazole rings is 1. The van der Waals surface area contributed by atoms with E-state index in [2.05, 4.69) is 39.7 Å². The van der Waals surface area contributed by atoms with E-state index in [-0.39, 0.29) is 0 Å². The highest BCUT2D eigenvalue weighted by molar-refractivity contribution is 5.90. The van der Waals surface area contributed by atoms with E-state index in [0.29, 0.717) is 5.92 Å². The Bertz CT molecular complexity index is 966. The maximum absolute atomic E-state index is 5.31. The number of nitrogens with zero attached hydrogens (tertiary/aromatic N) is 4. The van der Waals surface area contributed by atoms with E-state index in [4.69, 9.17) is 9.72 Å². The molecule has 0 spiro atoms. The predicted octanol–water partition coefficient (Wildman–Crippen LogP) is 4.23. The van der Waals surface area contributed by atoms with E-state index in [0.717, 1.165) is 34.0 Å². The second-order valence-corrected chi connectivity index (χ2v) is 8.37. The van der Waals surface area contributed by atoms with Gasteiger partial charge in [-0.15, -0.1) is 0 Å². The SMILES string of the molecule is COc1ccc(-c2nc(C3CCN(CC4CC4)CC3)cc3c2ncn3C)cc1. The Morgan fingerprint density at radius 2 is 1.82 bits per heavy atom. The van der Waals surface area contributed by atoms with E-state index in [1.807, 2.05) is 18.5 Å². The van der Waals surface area contributed by atoms with Gasteiger partial charge in [0.05, 0.1) is 24.6 Å². The fourth-order valence-corrected chi connectivity index (χ4v) is 4.38. The molecule has 1 saturated heterocycles. The van der Waals surface area contributed by atoms with Gasteiger partial charge in [-0.1, -0.05) is 0 Å². The lowest BCUT2D eigenvalue weighted by molar-refractivity contribution is 0.203. The zero-order valence-corrected chi connectivity index (χ0v) is 16.8. The minimum Gasteiger partial charge on any atom is -0.497 e. The van der Waals surface area contributed by atoms with Gasteiger partial charge in [-0.3, -0.25) is 4.98 Å². The lowest BCUT2D eigenvalue weighted by Gasteiger charge is -2.31. The van der Waals surface area contributed by atoms with Gasteiger partial charge in [-0.25, -0.2) is 4.98 Å². The summed E-state index contributed by atoms with van der Waals surface area (Å²) in [6.45, 7) is 3.70. The van der Waals surface area contributed by atoms with Crippen molar-refractivity contribution in [1.29, 1.82) is 0 Å². The summed E-state index contributed by atoms with van der Waals surface area (Å²) in [5, 5.41) is 0. The third-order valence-corrected chi connectivity index (χ3v) is 6.32. The first-order valence-electron chi connectivity index (χ1n) is 10.4. The summed E-state index contributed by atoms with van der Waals surface area (Å²) in [7, 11) is 3.76. The fourth-order valence-electron chi connectivity index (χ4n) is 4.38. The van der Waals surface area contributed by atoms with E-state index >= 15 is 0 Å². The third-order valence-electron chi connectivity index (χ3n) is 6.32. The van der Waals surface area contributed by atoms with Gasteiger partial charge in [0.1, 0.15) is 11.3 Å². The highest BCUT2D eigenvalue weighted by Crippen LogP contribution is 2.35. The molecular weight excluding hydrogens is 348 g/mol. The maximum atomic E-state index is 5.31. The van der Waals surface area contributed by atoms with Crippen LogP contribution in [0.15, 0.2) is 36.7 Å². The smallest absolute Gasteiger partial charge is 0.118 e. The minimum absolute atomic E-state index is 0.534. The van der Waals surface area contributed by atoms with E-state index < -0.39 is 0 Å². The summed E-state index contributed by atoms with van der Waals surface area (Å²) in [5.74, 6) is 2.37. The zero-order valence-electron chi connectivity index (χ0n) is 16.8. The van der Waals surface area contributed by atoms with Gasteiger partial charge in [0.2, 0.25) is 0 Å². The van der Waals surface area contributed by atoms with Crippen molar-refractivity contribution < 1.29 is 4.74 Å². The van der Waals surface area contributed by atoms with Crippen LogP contribution in [0, 0.1) is 5.92 Å². The third kappa shape index (κ3) is 3.39. The van der Waals surface area contributed by atoms with Crippen LogP contribution >= 0.6 is 0 Å². The Morgan fingerprint density at radius 1 is 1.07 bits per heavy atom. The molecule has 0 bridgehead atoms. The van der Waals surface area contributed by atoms with Crippen molar-refractivity contribution in [1.82, 2.24) is 19.4 Å². The Labute approximate surface area is 166 Å². The number of likely N-dealkylation sites (tertiary alicyclic amines) is 1. The molecule has 0 atom stereocenters. The maximum Gasteiger partial charge on any atom is 0.118 e. The van der Waals surface area contributed by atoms with Gasteiger partial charge in [0.25, 0.3) is 0 Å². The van der Waals surface area contributed by atoms with E-state index in [1.165, 1.54) is 51.0 Å². The largest absolute Gasteiger partial charge is 0.497 e. The van der Waals surface area contributed by atoms with Crippen LogP contribution < -0.4 is 4.74 Å². The van der Waals surface area contributed by atoms with Crippen LogP contribution in [-0.2, 0) is 7.05 Å². The van der Waals surface area contributed by atoms with Crippen molar-refractivity contribution in [2.24, 2.45) is 13.0 Å². The summed E-state index contributed by atoms with van der Waals surface area (Å²) >= 11 is 0. The summed E-state index contributed by atoms with van der Waals surface area (Å²) in [6.07, 6.45) is 7.16. The standard InChI is InChI=1S/C23H28N4O/c1-26-15-24-23-21(26)13-20(17-9-11-27(12-10-17)14-16-3-4-16)25-22(23)18-5-7-19(28-2)8-6-18/h5-8,13,15-17H,3-4,9-12,14H2,1-2H3. The number of fused-ring (bicyclic) bond motifs is 1. The minimum atomic E-state index is 0.534. The molecule has 5 nitrogen and oxygen atoms in total. The molecule has 1 aliphatic carbocycles. The summed E-state index contributed by atoms with van der Waals surface area (Å²) in [5.41, 5.74) is 5.43. The van der Waals surface area contributed by atoms with E-state index in [1.54, 1.807) is 7.11 Å². The van der Waals surface area contributed by atoms with Crippen LogP contribution in [0.5, 0.6) is 5.75 Å². The van der Waals surface area contributed by atoms with Gasteiger partial charge in [-0.05, 0) is 75.0 Å². The van der Waals surface area contributed by atoms with Crippen molar-refractivity contribution in [2.75, 3.05) is 26.7 Å². The van der Waals surface area contributed by atoms with Crippen molar-refractivity contribution >= 4 is 11.0 Å². The van der Waals surface area contributed by atoms with Crippen molar-refractivity contribution in [3.8, 4) is 17.0 Å². The number of piperidine rings is 1. The Morgan fingerprint density at radius 3 is 2.50 bits per heavy atom. The molecule has 1 saturated carbocycles. The normalized spacial score (nSPS) is 18.6. The number of methoxy groups -OCH3 is 1. The number of ether oxygens (including phenoxy) is 1. The molecule has 5 rings (SSSR count). The second kappa shape index (κ2) is 7.21. The van der Waals surface area contributed by atoms with Crippen molar-refractivity contribution in [3.63, 3.8) is 0 Å². The molecule has 1 aliphatic heterocycles. The molecule has 3 heterocycles. The molecule has 28 heavy (non-hydrogen) atoms. The van der Waals surface area contributed by atoms with Crippen LogP contribution in [0.3, 0.4) is 0 Å². The average molecular weight is 377 g/mol. The molecule has 5 heteroatoms. The molecule has 2 aliphatic rings. The first-order chi connectivity index (χ1) is 13.7. The topological polar surface area (TPSA) is 43.2 Å².